The van der Waals surface area contributed by atoms with Crippen LogP contribution < -0.4 is 5.32 Å². The zero-order valence-corrected chi connectivity index (χ0v) is 14.5. The molecule has 26 heavy (non-hydrogen) atoms. The molecule has 0 spiro atoms. The second-order valence-corrected chi connectivity index (χ2v) is 7.22. The summed E-state index contributed by atoms with van der Waals surface area (Å²) < 4.78 is 3.78. The summed E-state index contributed by atoms with van der Waals surface area (Å²) in [6.45, 7) is 0. The molecule has 2 aliphatic rings. The van der Waals surface area contributed by atoms with Crippen molar-refractivity contribution >= 4 is 5.91 Å². The fourth-order valence-corrected chi connectivity index (χ4v) is 3.63. The highest BCUT2D eigenvalue weighted by Gasteiger charge is 2.41. The third-order valence-corrected chi connectivity index (χ3v) is 5.48. The number of aromatic nitrogens is 4. The fourth-order valence-electron chi connectivity index (χ4n) is 3.63. The van der Waals surface area contributed by atoms with Crippen LogP contribution in [0.1, 0.15) is 53.7 Å². The molecule has 0 bridgehead atoms. The van der Waals surface area contributed by atoms with E-state index < -0.39 is 0 Å². The largest absolute Gasteiger partial charge is 0.347 e. The zero-order valence-electron chi connectivity index (χ0n) is 14.5. The minimum atomic E-state index is -0.0163. The van der Waals surface area contributed by atoms with Gasteiger partial charge in [-0.15, -0.1) is 0 Å². The number of hydrogen-bond donors (Lipinski definition) is 1. The van der Waals surface area contributed by atoms with Gasteiger partial charge in [0.25, 0.3) is 5.91 Å². The van der Waals surface area contributed by atoms with Crippen molar-refractivity contribution in [1.82, 2.24) is 24.9 Å². The summed E-state index contributed by atoms with van der Waals surface area (Å²) in [6.07, 6.45) is 10.1. The zero-order chi connectivity index (χ0) is 17.5. The number of rotatable bonds is 5. The van der Waals surface area contributed by atoms with E-state index in [9.17, 15) is 4.79 Å². The van der Waals surface area contributed by atoms with Crippen LogP contribution >= 0.6 is 0 Å². The first-order valence-electron chi connectivity index (χ1n) is 9.24. The van der Waals surface area contributed by atoms with Crippen molar-refractivity contribution in [1.29, 1.82) is 0 Å². The van der Waals surface area contributed by atoms with Gasteiger partial charge in [-0.05, 0) is 49.4 Å². The first kappa shape index (κ1) is 15.4. The van der Waals surface area contributed by atoms with Crippen molar-refractivity contribution in [3.8, 4) is 5.69 Å². The molecular weight excluding hydrogens is 326 g/mol. The van der Waals surface area contributed by atoms with Crippen LogP contribution in [0.2, 0.25) is 0 Å². The molecule has 0 unspecified atom stereocenters. The normalized spacial score (nSPS) is 22.0. The van der Waals surface area contributed by atoms with Gasteiger partial charge < -0.3 is 5.32 Å². The van der Waals surface area contributed by atoms with Crippen LogP contribution in [0.4, 0.5) is 0 Å². The van der Waals surface area contributed by atoms with Crippen molar-refractivity contribution in [3.05, 3.63) is 66.2 Å². The van der Waals surface area contributed by atoms with Crippen LogP contribution in [0, 0.1) is 0 Å². The Bertz CT molecular complexity index is 925. The number of hydrogen-bond acceptors (Lipinski definition) is 3. The summed E-state index contributed by atoms with van der Waals surface area (Å²) in [5.74, 6) is 0.328. The van der Waals surface area contributed by atoms with E-state index in [1.165, 1.54) is 12.0 Å². The molecule has 6 heteroatoms. The van der Waals surface area contributed by atoms with Crippen LogP contribution in [-0.2, 0) is 0 Å². The number of para-hydroxylation sites is 1. The van der Waals surface area contributed by atoms with Crippen LogP contribution in [-0.4, -0.2) is 31.5 Å². The quantitative estimate of drug-likeness (QED) is 0.771. The summed E-state index contributed by atoms with van der Waals surface area (Å²) in [5.41, 5.74) is 2.90. The lowest BCUT2D eigenvalue weighted by Gasteiger charge is -2.27. The van der Waals surface area contributed by atoms with Crippen LogP contribution in [0.25, 0.3) is 5.69 Å². The Morgan fingerprint density at radius 1 is 1.12 bits per heavy atom. The van der Waals surface area contributed by atoms with Crippen LogP contribution in [0.3, 0.4) is 0 Å². The highest BCUT2D eigenvalue weighted by Crippen LogP contribution is 2.41. The van der Waals surface area contributed by atoms with E-state index in [1.54, 1.807) is 6.20 Å². The maximum absolute atomic E-state index is 12.6. The standard InChI is InChI=1S/C20H21N5O/c26-20(19-9-10-21-25(19)16-7-4-8-16)23-18-11-17(18)14-12-22-24(13-14)15-5-2-1-3-6-15/h1-3,5-6,9-10,12-13,16-18H,4,7-8,11H2,(H,23,26)/t17-,18+/m0/s1. The van der Waals surface area contributed by atoms with Gasteiger partial charge >= 0.3 is 0 Å². The molecule has 2 fully saturated rings. The molecule has 1 N–H and O–H groups in total. The van der Waals surface area contributed by atoms with E-state index in [-0.39, 0.29) is 11.9 Å². The second kappa shape index (κ2) is 6.12. The lowest BCUT2D eigenvalue weighted by molar-refractivity contribution is 0.0932. The third kappa shape index (κ3) is 2.71. The molecule has 6 nitrogen and oxygen atoms in total. The molecule has 2 heterocycles. The molecule has 1 aromatic carbocycles. The van der Waals surface area contributed by atoms with Crippen LogP contribution in [0.15, 0.2) is 55.0 Å². The van der Waals surface area contributed by atoms with Crippen molar-refractivity contribution in [2.24, 2.45) is 0 Å². The molecule has 2 saturated carbocycles. The SMILES string of the molecule is O=C(N[C@@H]1C[C@H]1c1cnn(-c2ccccc2)c1)c1ccnn1C1CCC1. The number of carbonyl (C=O) groups excluding carboxylic acids is 1. The Morgan fingerprint density at radius 2 is 1.96 bits per heavy atom. The van der Waals surface area contributed by atoms with Crippen molar-refractivity contribution in [3.63, 3.8) is 0 Å². The lowest BCUT2D eigenvalue weighted by Crippen LogP contribution is -2.31. The Labute approximate surface area is 151 Å². The molecule has 1 amide bonds. The van der Waals surface area contributed by atoms with E-state index in [4.69, 9.17) is 0 Å². The average molecular weight is 347 g/mol. The van der Waals surface area contributed by atoms with Crippen molar-refractivity contribution in [2.75, 3.05) is 0 Å². The van der Waals surface area contributed by atoms with E-state index in [2.05, 4.69) is 21.7 Å². The number of nitrogens with one attached hydrogen (secondary N) is 1. The number of amides is 1. The van der Waals surface area contributed by atoms with Crippen molar-refractivity contribution < 1.29 is 4.79 Å². The van der Waals surface area contributed by atoms with Gasteiger partial charge in [-0.2, -0.15) is 10.2 Å². The molecule has 0 radical (unpaired) electrons. The number of nitrogens with zero attached hydrogens (tertiary/aromatic N) is 4. The molecule has 2 atom stereocenters. The Kier molecular flexibility index (Phi) is 3.62. The summed E-state index contributed by atoms with van der Waals surface area (Å²) in [4.78, 5) is 12.6. The molecule has 3 aromatic rings. The predicted molar refractivity (Wildman–Crippen MR) is 97.3 cm³/mol. The third-order valence-electron chi connectivity index (χ3n) is 5.48. The molecule has 0 aliphatic heterocycles. The van der Waals surface area contributed by atoms with E-state index >= 15 is 0 Å². The predicted octanol–water partition coefficient (Wildman–Crippen LogP) is 3.08. The van der Waals surface area contributed by atoms with Crippen LogP contribution in [0.5, 0.6) is 0 Å². The topological polar surface area (TPSA) is 64.7 Å². The summed E-state index contributed by atoms with van der Waals surface area (Å²) in [5, 5.41) is 12.0. The molecular formula is C20H21N5O. The highest BCUT2D eigenvalue weighted by atomic mass is 16.2. The fraction of sp³-hybridized carbons (Fsp3) is 0.350. The molecule has 132 valence electrons. The molecule has 5 rings (SSSR count). The molecule has 0 saturated heterocycles. The van der Waals surface area contributed by atoms with Crippen molar-refractivity contribution in [2.45, 2.75) is 43.7 Å². The van der Waals surface area contributed by atoms with Gasteiger partial charge in [0.1, 0.15) is 5.69 Å². The lowest BCUT2D eigenvalue weighted by atomic mass is 9.93. The van der Waals surface area contributed by atoms with E-state index in [1.807, 2.05) is 52.0 Å². The maximum atomic E-state index is 12.6. The van der Waals surface area contributed by atoms with E-state index in [0.717, 1.165) is 24.9 Å². The Balaban J connectivity index is 1.25. The first-order chi connectivity index (χ1) is 12.8. The van der Waals surface area contributed by atoms with Gasteiger partial charge in [-0.25, -0.2) is 4.68 Å². The smallest absolute Gasteiger partial charge is 0.269 e. The average Bonchev–Trinajstić information content (AvgIpc) is 3.02. The summed E-state index contributed by atoms with van der Waals surface area (Å²) >= 11 is 0. The van der Waals surface area contributed by atoms with Gasteiger partial charge in [0.15, 0.2) is 0 Å². The minimum Gasteiger partial charge on any atom is -0.347 e. The number of benzene rings is 1. The van der Waals surface area contributed by atoms with E-state index in [0.29, 0.717) is 17.7 Å². The van der Waals surface area contributed by atoms with Gasteiger partial charge in [-0.3, -0.25) is 9.48 Å². The molecule has 2 aromatic heterocycles. The highest BCUT2D eigenvalue weighted by molar-refractivity contribution is 5.93. The van der Waals surface area contributed by atoms with Gasteiger partial charge in [0.05, 0.1) is 17.9 Å². The van der Waals surface area contributed by atoms with Gasteiger partial charge in [-0.1, -0.05) is 18.2 Å². The summed E-state index contributed by atoms with van der Waals surface area (Å²) in [6, 6.07) is 12.5. The number of carbonyl (C=O) groups is 1. The Hall–Kier alpha value is -2.89. The minimum absolute atomic E-state index is 0.0163. The first-order valence-corrected chi connectivity index (χ1v) is 9.24. The van der Waals surface area contributed by atoms with Gasteiger partial charge in [0, 0.05) is 24.4 Å². The maximum Gasteiger partial charge on any atom is 0.269 e. The monoisotopic (exact) mass is 347 g/mol. The second-order valence-electron chi connectivity index (χ2n) is 7.22. The summed E-state index contributed by atoms with van der Waals surface area (Å²) in [7, 11) is 0. The Morgan fingerprint density at radius 3 is 2.73 bits per heavy atom. The van der Waals surface area contributed by atoms with Gasteiger partial charge in [0.2, 0.25) is 0 Å². The molecule has 2 aliphatic carbocycles.